The standard InChI is InChI=1S/C5H8N3.HI/c1-8-3-2-7-5(6)4-8;/h2-4H,1H3,(H2,6,7);1H/q+1;/p-1. The van der Waals surface area contributed by atoms with Crippen LogP contribution in [0.2, 0.25) is 0 Å². The van der Waals surface area contributed by atoms with Gasteiger partial charge in [-0.3, -0.25) is 0 Å². The summed E-state index contributed by atoms with van der Waals surface area (Å²) in [6.07, 6.45) is 5.24. The molecule has 1 aromatic heterocycles. The summed E-state index contributed by atoms with van der Waals surface area (Å²) in [6.45, 7) is 0. The molecule has 1 heterocycles. The molecular weight excluding hydrogens is 229 g/mol. The van der Waals surface area contributed by atoms with Crippen LogP contribution >= 0.6 is 0 Å². The van der Waals surface area contributed by atoms with Gasteiger partial charge in [-0.05, 0) is 0 Å². The lowest BCUT2D eigenvalue weighted by atomic mass is 10.7. The fourth-order valence-corrected chi connectivity index (χ4v) is 0.510. The summed E-state index contributed by atoms with van der Waals surface area (Å²) in [5.74, 6) is 0.551. The Morgan fingerprint density at radius 2 is 2.33 bits per heavy atom. The van der Waals surface area contributed by atoms with Crippen molar-refractivity contribution in [2.24, 2.45) is 7.05 Å². The molecule has 3 nitrogen and oxygen atoms in total. The number of halogens is 1. The van der Waals surface area contributed by atoms with E-state index in [9.17, 15) is 0 Å². The lowest BCUT2D eigenvalue weighted by molar-refractivity contribution is -0.671. The van der Waals surface area contributed by atoms with E-state index in [0.29, 0.717) is 5.82 Å². The maximum Gasteiger partial charge on any atom is 0.211 e. The van der Waals surface area contributed by atoms with Crippen molar-refractivity contribution in [3.8, 4) is 0 Å². The summed E-state index contributed by atoms with van der Waals surface area (Å²) in [5.41, 5.74) is 5.33. The zero-order chi connectivity index (χ0) is 5.98. The lowest BCUT2D eigenvalue weighted by Crippen LogP contribution is -3.00. The van der Waals surface area contributed by atoms with E-state index in [1.165, 1.54) is 0 Å². The molecule has 4 heteroatoms. The second-order valence-electron chi connectivity index (χ2n) is 1.65. The second-order valence-corrected chi connectivity index (χ2v) is 1.65. The molecule has 0 aliphatic rings. The molecule has 0 saturated carbocycles. The highest BCUT2D eigenvalue weighted by molar-refractivity contribution is 5.17. The van der Waals surface area contributed by atoms with Gasteiger partial charge < -0.3 is 29.7 Å². The minimum atomic E-state index is 0. The normalized spacial score (nSPS) is 8.11. The average molecular weight is 237 g/mol. The van der Waals surface area contributed by atoms with Crippen LogP contribution in [0.5, 0.6) is 0 Å². The summed E-state index contributed by atoms with van der Waals surface area (Å²) < 4.78 is 1.85. The molecule has 0 aromatic carbocycles. The molecule has 50 valence electrons. The number of aromatic nitrogens is 2. The topological polar surface area (TPSA) is 42.8 Å². The molecule has 0 atom stereocenters. The van der Waals surface area contributed by atoms with E-state index in [2.05, 4.69) is 4.98 Å². The van der Waals surface area contributed by atoms with Crippen LogP contribution in [0.3, 0.4) is 0 Å². The summed E-state index contributed by atoms with van der Waals surface area (Å²) in [6, 6.07) is 0. The van der Waals surface area contributed by atoms with Gasteiger partial charge >= 0.3 is 0 Å². The van der Waals surface area contributed by atoms with E-state index < -0.39 is 0 Å². The Kier molecular flexibility index (Phi) is 3.44. The van der Waals surface area contributed by atoms with E-state index in [1.807, 2.05) is 17.8 Å². The molecule has 0 spiro atoms. The van der Waals surface area contributed by atoms with Crippen LogP contribution in [0, 0.1) is 0 Å². The van der Waals surface area contributed by atoms with Crippen molar-refractivity contribution in [2.75, 3.05) is 5.73 Å². The molecule has 1 aromatic rings. The van der Waals surface area contributed by atoms with Crippen molar-refractivity contribution in [1.82, 2.24) is 4.98 Å². The van der Waals surface area contributed by atoms with Crippen molar-refractivity contribution in [1.29, 1.82) is 0 Å². The largest absolute Gasteiger partial charge is 1.00 e. The zero-order valence-corrected chi connectivity index (χ0v) is 7.24. The maximum absolute atomic E-state index is 5.33. The fourth-order valence-electron chi connectivity index (χ4n) is 0.510. The van der Waals surface area contributed by atoms with Gasteiger partial charge in [0.1, 0.15) is 7.05 Å². The molecule has 0 unspecified atom stereocenters. The van der Waals surface area contributed by atoms with Gasteiger partial charge in [-0.25, -0.2) is 9.55 Å². The van der Waals surface area contributed by atoms with Crippen LogP contribution in [0.15, 0.2) is 18.6 Å². The third-order valence-electron chi connectivity index (χ3n) is 0.861. The van der Waals surface area contributed by atoms with Gasteiger partial charge in [0, 0.05) is 0 Å². The van der Waals surface area contributed by atoms with Gasteiger partial charge in [0.05, 0.1) is 6.20 Å². The summed E-state index contributed by atoms with van der Waals surface area (Å²) >= 11 is 0. The molecule has 9 heavy (non-hydrogen) atoms. The highest BCUT2D eigenvalue weighted by Crippen LogP contribution is 1.82. The Bertz CT molecular complexity index is 172. The number of hydrogen-bond donors (Lipinski definition) is 1. The second kappa shape index (κ2) is 3.60. The Balaban J connectivity index is 0.000000640. The first-order chi connectivity index (χ1) is 3.79. The number of nitrogens with zero attached hydrogens (tertiary/aromatic N) is 2. The van der Waals surface area contributed by atoms with Gasteiger partial charge in [0.15, 0.2) is 12.0 Å². The van der Waals surface area contributed by atoms with E-state index in [0.717, 1.165) is 0 Å². The van der Waals surface area contributed by atoms with Gasteiger partial charge in [-0.15, -0.1) is 0 Å². The average Bonchev–Trinajstić information content (AvgIpc) is 1.64. The van der Waals surface area contributed by atoms with Crippen LogP contribution in [0.4, 0.5) is 5.82 Å². The Labute approximate surface area is 70.9 Å². The van der Waals surface area contributed by atoms with Crippen molar-refractivity contribution < 1.29 is 28.5 Å². The van der Waals surface area contributed by atoms with Gasteiger partial charge in [-0.1, -0.05) is 0 Å². The minimum absolute atomic E-state index is 0. The van der Waals surface area contributed by atoms with Gasteiger partial charge in [0.25, 0.3) is 0 Å². The van der Waals surface area contributed by atoms with Crippen LogP contribution in [0.1, 0.15) is 0 Å². The van der Waals surface area contributed by atoms with E-state index in [1.54, 1.807) is 12.4 Å². The minimum Gasteiger partial charge on any atom is -1.00 e. The first-order valence-electron chi connectivity index (χ1n) is 2.36. The number of hydrogen-bond acceptors (Lipinski definition) is 2. The molecule has 2 N–H and O–H groups in total. The van der Waals surface area contributed by atoms with Crippen molar-refractivity contribution >= 4 is 5.82 Å². The zero-order valence-electron chi connectivity index (χ0n) is 5.08. The van der Waals surface area contributed by atoms with Gasteiger partial charge in [-0.2, -0.15) is 0 Å². The number of nitrogens with two attached hydrogens (primary N) is 1. The molecular formula is C5H8IN3. The number of aryl methyl sites for hydroxylation is 1. The molecule has 0 bridgehead atoms. The molecule has 0 amide bonds. The maximum atomic E-state index is 5.33. The van der Waals surface area contributed by atoms with E-state index >= 15 is 0 Å². The highest BCUT2D eigenvalue weighted by Gasteiger charge is 1.89. The molecule has 0 fully saturated rings. The number of nitrogen functional groups attached to an aromatic ring is 1. The summed E-state index contributed by atoms with van der Waals surface area (Å²) in [4.78, 5) is 3.80. The quantitative estimate of drug-likeness (QED) is 0.375. The lowest BCUT2D eigenvalue weighted by Gasteiger charge is -1.85. The highest BCUT2D eigenvalue weighted by atomic mass is 127. The SMILES string of the molecule is C[n+]1ccnc(N)c1.[I-]. The predicted molar refractivity (Wildman–Crippen MR) is 29.8 cm³/mol. The molecule has 0 aliphatic heterocycles. The number of anilines is 1. The van der Waals surface area contributed by atoms with E-state index in [4.69, 9.17) is 5.73 Å². The van der Waals surface area contributed by atoms with Crippen LogP contribution < -0.4 is 34.3 Å². The van der Waals surface area contributed by atoms with E-state index in [-0.39, 0.29) is 24.0 Å². The van der Waals surface area contributed by atoms with Crippen LogP contribution in [-0.4, -0.2) is 4.98 Å². The summed E-state index contributed by atoms with van der Waals surface area (Å²) in [7, 11) is 1.90. The smallest absolute Gasteiger partial charge is 0.211 e. The molecule has 0 aliphatic carbocycles. The number of rotatable bonds is 0. The first-order valence-corrected chi connectivity index (χ1v) is 2.36. The Morgan fingerprint density at radius 1 is 1.67 bits per heavy atom. The van der Waals surface area contributed by atoms with Crippen molar-refractivity contribution in [3.05, 3.63) is 18.6 Å². The Morgan fingerprint density at radius 3 is 2.67 bits per heavy atom. The third-order valence-corrected chi connectivity index (χ3v) is 0.861. The monoisotopic (exact) mass is 237 g/mol. The molecule has 0 saturated heterocycles. The van der Waals surface area contributed by atoms with Crippen LogP contribution in [-0.2, 0) is 7.05 Å². The molecule has 0 radical (unpaired) electrons. The predicted octanol–water partition coefficient (Wildman–Crippen LogP) is -3.51. The van der Waals surface area contributed by atoms with Crippen molar-refractivity contribution in [2.45, 2.75) is 0 Å². The first kappa shape index (κ1) is 8.61. The fraction of sp³-hybridized carbons (Fsp3) is 0.200. The van der Waals surface area contributed by atoms with Gasteiger partial charge in [0.2, 0.25) is 6.20 Å². The Hall–Kier alpha value is -0.390. The third kappa shape index (κ3) is 2.59. The van der Waals surface area contributed by atoms with Crippen LogP contribution in [0.25, 0.3) is 0 Å². The molecule has 1 rings (SSSR count). The van der Waals surface area contributed by atoms with Crippen molar-refractivity contribution in [3.63, 3.8) is 0 Å². The summed E-state index contributed by atoms with van der Waals surface area (Å²) in [5, 5.41) is 0.